The van der Waals surface area contributed by atoms with Crippen LogP contribution in [-0.4, -0.2) is 28.2 Å². The Bertz CT molecular complexity index is 738. The third-order valence-corrected chi connectivity index (χ3v) is 10.2. The zero-order chi connectivity index (χ0) is 21.8. The van der Waals surface area contributed by atoms with E-state index in [2.05, 4.69) is 27.4 Å². The Balaban J connectivity index is 1.53. The molecule has 0 saturated heterocycles. The molecule has 168 valence electrons. The van der Waals surface area contributed by atoms with Gasteiger partial charge in [0.2, 0.25) is 0 Å². The van der Waals surface area contributed by atoms with Crippen LogP contribution in [0.5, 0.6) is 0 Å². The Labute approximate surface area is 183 Å². The fraction of sp³-hybridized carbons (Fsp3) is 0.815. The smallest absolute Gasteiger partial charge is 0.155 e. The molecular weight excluding hydrogens is 372 g/mol. The zero-order valence-electron chi connectivity index (χ0n) is 19.5. The van der Waals surface area contributed by atoms with E-state index in [1.54, 1.807) is 6.08 Å². The highest BCUT2D eigenvalue weighted by molar-refractivity contribution is 5.91. The summed E-state index contributed by atoms with van der Waals surface area (Å²) in [6.45, 7) is 13.1. The zero-order valence-corrected chi connectivity index (χ0v) is 19.5. The van der Waals surface area contributed by atoms with E-state index >= 15 is 0 Å². The van der Waals surface area contributed by atoms with Gasteiger partial charge in [-0.25, -0.2) is 0 Å². The first-order chi connectivity index (χ1) is 14.1. The minimum Gasteiger partial charge on any atom is -0.389 e. The Morgan fingerprint density at radius 2 is 1.93 bits per heavy atom. The molecule has 0 aromatic heterocycles. The highest BCUT2D eigenvalue weighted by Crippen LogP contribution is 2.67. The Morgan fingerprint density at radius 3 is 2.63 bits per heavy atom. The lowest BCUT2D eigenvalue weighted by atomic mass is 9.46. The molecule has 0 bridgehead atoms. The number of aliphatic hydroxyl groups is 2. The highest BCUT2D eigenvalue weighted by atomic mass is 16.3. The number of ketones is 1. The van der Waals surface area contributed by atoms with Crippen LogP contribution in [0.25, 0.3) is 0 Å². The minimum absolute atomic E-state index is 0.00682. The Kier molecular flexibility index (Phi) is 5.85. The van der Waals surface area contributed by atoms with Crippen molar-refractivity contribution in [3.05, 3.63) is 23.8 Å². The molecule has 0 radical (unpaired) electrons. The lowest BCUT2D eigenvalue weighted by Crippen LogP contribution is -2.54. The van der Waals surface area contributed by atoms with Crippen molar-refractivity contribution in [2.45, 2.75) is 97.7 Å². The molecule has 2 N–H and O–H groups in total. The van der Waals surface area contributed by atoms with Crippen LogP contribution in [0.2, 0.25) is 0 Å². The van der Waals surface area contributed by atoms with Gasteiger partial charge in [-0.05, 0) is 110 Å². The second-order valence-electron chi connectivity index (χ2n) is 11.8. The van der Waals surface area contributed by atoms with Crippen LogP contribution in [0.3, 0.4) is 0 Å². The van der Waals surface area contributed by atoms with Gasteiger partial charge >= 0.3 is 0 Å². The first-order valence-electron chi connectivity index (χ1n) is 12.3. The number of hydrogen-bond donors (Lipinski definition) is 2. The van der Waals surface area contributed by atoms with Crippen molar-refractivity contribution >= 4 is 5.78 Å². The maximum Gasteiger partial charge on any atom is 0.155 e. The SMILES string of the molecule is C=C(C)C(O)CCC(C)C1CCC2C3CC(O)C4=CC(=O)CCC4(C)C3CCC12C. The van der Waals surface area contributed by atoms with Crippen LogP contribution in [0.4, 0.5) is 0 Å². The maximum absolute atomic E-state index is 12.1. The van der Waals surface area contributed by atoms with Crippen molar-refractivity contribution in [2.75, 3.05) is 0 Å². The van der Waals surface area contributed by atoms with Gasteiger partial charge in [0.05, 0.1) is 12.2 Å². The molecule has 4 rings (SSSR count). The monoisotopic (exact) mass is 414 g/mol. The lowest BCUT2D eigenvalue weighted by molar-refractivity contribution is -0.119. The van der Waals surface area contributed by atoms with Gasteiger partial charge in [0.25, 0.3) is 0 Å². The molecule has 0 aromatic carbocycles. The number of carbonyl (C=O) groups is 1. The topological polar surface area (TPSA) is 57.5 Å². The molecule has 0 aliphatic heterocycles. The molecule has 0 heterocycles. The summed E-state index contributed by atoms with van der Waals surface area (Å²) in [5.41, 5.74) is 2.27. The van der Waals surface area contributed by atoms with E-state index in [1.165, 1.54) is 25.7 Å². The quantitative estimate of drug-likeness (QED) is 0.587. The summed E-state index contributed by atoms with van der Waals surface area (Å²) in [7, 11) is 0. The molecule has 4 aliphatic carbocycles. The summed E-state index contributed by atoms with van der Waals surface area (Å²) in [5, 5.41) is 21.2. The predicted molar refractivity (Wildman–Crippen MR) is 121 cm³/mol. The van der Waals surface area contributed by atoms with Crippen LogP contribution in [0.1, 0.15) is 85.5 Å². The molecule has 9 atom stereocenters. The summed E-state index contributed by atoms with van der Waals surface area (Å²) >= 11 is 0. The van der Waals surface area contributed by atoms with E-state index < -0.39 is 6.10 Å². The van der Waals surface area contributed by atoms with Gasteiger partial charge in [-0.15, -0.1) is 0 Å². The molecule has 0 spiro atoms. The van der Waals surface area contributed by atoms with Crippen molar-refractivity contribution in [1.82, 2.24) is 0 Å². The molecule has 3 fully saturated rings. The van der Waals surface area contributed by atoms with Crippen LogP contribution in [0, 0.1) is 40.4 Å². The maximum atomic E-state index is 12.1. The molecule has 30 heavy (non-hydrogen) atoms. The van der Waals surface area contributed by atoms with Crippen LogP contribution < -0.4 is 0 Å². The fourth-order valence-corrected chi connectivity index (χ4v) is 8.45. The lowest BCUT2D eigenvalue weighted by Gasteiger charge is -2.59. The van der Waals surface area contributed by atoms with E-state index in [1.807, 2.05) is 6.92 Å². The van der Waals surface area contributed by atoms with Crippen LogP contribution in [0.15, 0.2) is 23.8 Å². The van der Waals surface area contributed by atoms with Gasteiger partial charge in [0, 0.05) is 6.42 Å². The van der Waals surface area contributed by atoms with Gasteiger partial charge in [0.1, 0.15) is 0 Å². The molecule has 0 aromatic rings. The first-order valence-corrected chi connectivity index (χ1v) is 12.3. The first kappa shape index (κ1) is 22.3. The molecule has 0 amide bonds. The predicted octanol–water partition coefficient (Wildman–Crippen LogP) is 5.46. The highest BCUT2D eigenvalue weighted by Gasteiger charge is 2.60. The van der Waals surface area contributed by atoms with Gasteiger partial charge in [-0.2, -0.15) is 0 Å². The van der Waals surface area contributed by atoms with Crippen molar-refractivity contribution in [2.24, 2.45) is 40.4 Å². The number of hydrogen-bond acceptors (Lipinski definition) is 3. The third kappa shape index (κ3) is 3.45. The summed E-state index contributed by atoms with van der Waals surface area (Å²) < 4.78 is 0. The summed E-state index contributed by atoms with van der Waals surface area (Å²) in [6, 6.07) is 0. The molecule has 4 aliphatic rings. The van der Waals surface area contributed by atoms with Gasteiger partial charge in [0.15, 0.2) is 5.78 Å². The molecular formula is C27H42O3. The standard InChI is InChI=1S/C27H42O3/c1-16(2)24(29)9-6-17(3)20-7-8-21-19-15-25(30)23-14-18(28)10-12-27(23,5)22(19)11-13-26(20,21)4/h14,17,19-22,24-25,29-30H,1,6-13,15H2,2-5H3. The van der Waals surface area contributed by atoms with Crippen molar-refractivity contribution in [3.8, 4) is 0 Å². The number of aliphatic hydroxyl groups excluding tert-OH is 2. The van der Waals surface area contributed by atoms with E-state index in [9.17, 15) is 15.0 Å². The number of fused-ring (bicyclic) bond motifs is 5. The second kappa shape index (κ2) is 7.89. The Morgan fingerprint density at radius 1 is 1.20 bits per heavy atom. The van der Waals surface area contributed by atoms with Crippen LogP contribution in [-0.2, 0) is 4.79 Å². The van der Waals surface area contributed by atoms with Gasteiger partial charge in [-0.3, -0.25) is 4.79 Å². The molecule has 3 heteroatoms. The number of carbonyl (C=O) groups excluding carboxylic acids is 1. The summed E-state index contributed by atoms with van der Waals surface area (Å²) in [5.74, 6) is 3.38. The second-order valence-corrected chi connectivity index (χ2v) is 11.8. The van der Waals surface area contributed by atoms with Gasteiger partial charge < -0.3 is 10.2 Å². The van der Waals surface area contributed by atoms with Crippen LogP contribution >= 0.6 is 0 Å². The molecule has 9 unspecified atom stereocenters. The van der Waals surface area contributed by atoms with Crippen molar-refractivity contribution in [3.63, 3.8) is 0 Å². The number of rotatable bonds is 5. The Hall–Kier alpha value is -0.930. The van der Waals surface area contributed by atoms with Crippen molar-refractivity contribution < 1.29 is 15.0 Å². The average molecular weight is 415 g/mol. The summed E-state index contributed by atoms with van der Waals surface area (Å²) in [6.07, 6.45) is 10.3. The minimum atomic E-state index is -0.440. The average Bonchev–Trinajstić information content (AvgIpc) is 3.04. The van der Waals surface area contributed by atoms with E-state index in [0.29, 0.717) is 41.4 Å². The third-order valence-electron chi connectivity index (χ3n) is 10.2. The van der Waals surface area contributed by atoms with E-state index in [4.69, 9.17) is 0 Å². The van der Waals surface area contributed by atoms with E-state index in [-0.39, 0.29) is 17.3 Å². The fourth-order valence-electron chi connectivity index (χ4n) is 8.45. The van der Waals surface area contributed by atoms with Gasteiger partial charge in [-0.1, -0.05) is 32.9 Å². The van der Waals surface area contributed by atoms with Crippen molar-refractivity contribution in [1.29, 1.82) is 0 Å². The van der Waals surface area contributed by atoms with E-state index in [0.717, 1.165) is 36.8 Å². The normalized spacial score (nSPS) is 45.1. The molecule has 3 saturated carbocycles. The largest absolute Gasteiger partial charge is 0.389 e. The summed E-state index contributed by atoms with van der Waals surface area (Å²) in [4.78, 5) is 12.1. The molecule has 3 nitrogen and oxygen atoms in total.